The maximum atomic E-state index is 13.1. The summed E-state index contributed by atoms with van der Waals surface area (Å²) in [6.07, 6.45) is 1.41. The largest absolute Gasteiger partial charge is 0.373 e. The predicted molar refractivity (Wildman–Crippen MR) is 107 cm³/mol. The van der Waals surface area contributed by atoms with Crippen LogP contribution in [-0.2, 0) is 16.0 Å². The van der Waals surface area contributed by atoms with E-state index < -0.39 is 0 Å². The number of morpholine rings is 1. The van der Waals surface area contributed by atoms with Crippen LogP contribution in [0.15, 0.2) is 18.2 Å². The zero-order valence-corrected chi connectivity index (χ0v) is 16.8. The second-order valence-electron chi connectivity index (χ2n) is 8.06. The summed E-state index contributed by atoms with van der Waals surface area (Å²) in [6.45, 7) is 14.3. The van der Waals surface area contributed by atoms with Crippen molar-refractivity contribution in [2.24, 2.45) is 5.92 Å². The average Bonchev–Trinajstić information content (AvgIpc) is 2.96. The summed E-state index contributed by atoms with van der Waals surface area (Å²) in [5.74, 6) is 0.330. The number of anilines is 2. The first-order valence-corrected chi connectivity index (χ1v) is 9.97. The monoisotopic (exact) mass is 359 g/mol. The van der Waals surface area contributed by atoms with Crippen molar-refractivity contribution in [3.63, 3.8) is 0 Å². The summed E-state index contributed by atoms with van der Waals surface area (Å²) < 4.78 is 5.84. The van der Waals surface area contributed by atoms with Crippen molar-refractivity contribution >= 4 is 17.3 Å². The van der Waals surface area contributed by atoms with Gasteiger partial charge in [0, 0.05) is 37.6 Å². The summed E-state index contributed by atoms with van der Waals surface area (Å²) in [5, 5.41) is 3.18. The van der Waals surface area contributed by atoms with E-state index in [-0.39, 0.29) is 30.1 Å². The third-order valence-electron chi connectivity index (χ3n) is 5.47. The number of nitrogens with one attached hydrogen (secondary N) is 1. The number of hydrogen-bond acceptors (Lipinski definition) is 4. The summed E-state index contributed by atoms with van der Waals surface area (Å²) in [4.78, 5) is 17.8. The molecular weight excluding hydrogens is 326 g/mol. The van der Waals surface area contributed by atoms with E-state index in [2.05, 4.69) is 61.9 Å². The highest BCUT2D eigenvalue weighted by Crippen LogP contribution is 2.31. The van der Waals surface area contributed by atoms with Gasteiger partial charge in [-0.3, -0.25) is 9.69 Å². The molecule has 1 saturated heterocycles. The minimum atomic E-state index is -0.140. The van der Waals surface area contributed by atoms with Crippen molar-refractivity contribution in [1.82, 2.24) is 4.90 Å². The Bertz CT molecular complexity index is 636. The van der Waals surface area contributed by atoms with Crippen LogP contribution in [0, 0.1) is 5.92 Å². The van der Waals surface area contributed by atoms with Gasteiger partial charge in [-0.15, -0.1) is 0 Å². The van der Waals surface area contributed by atoms with Gasteiger partial charge in [0.1, 0.15) is 0 Å². The zero-order valence-electron chi connectivity index (χ0n) is 16.8. The number of likely N-dealkylation sites (N-methyl/N-ethyl adjacent to an activating group) is 1. The van der Waals surface area contributed by atoms with Crippen LogP contribution in [0.5, 0.6) is 0 Å². The molecular formula is C21H33N3O2. The fourth-order valence-corrected chi connectivity index (χ4v) is 4.40. The molecule has 1 fully saturated rings. The highest BCUT2D eigenvalue weighted by molar-refractivity contribution is 5.95. The van der Waals surface area contributed by atoms with Crippen LogP contribution in [0.2, 0.25) is 0 Å². The molecule has 0 aliphatic carbocycles. The summed E-state index contributed by atoms with van der Waals surface area (Å²) in [6, 6.07) is 6.19. The molecule has 2 heterocycles. The third-order valence-corrected chi connectivity index (χ3v) is 5.47. The standard InChI is InChI=1S/C21H33N3O2/c1-6-23-10-9-17-7-8-18(11-19(17)23)22-21(25)20(14(2)3)24-12-15(4)26-16(5)13-24/h7-8,11,14-16,20H,6,9-10,12-13H2,1-5H3,(H,22,25). The van der Waals surface area contributed by atoms with Gasteiger partial charge < -0.3 is 15.0 Å². The molecule has 0 radical (unpaired) electrons. The molecule has 1 N–H and O–H groups in total. The lowest BCUT2D eigenvalue weighted by atomic mass is 9.99. The number of hydrogen-bond donors (Lipinski definition) is 1. The molecule has 1 aromatic rings. The van der Waals surface area contributed by atoms with E-state index in [1.54, 1.807) is 0 Å². The van der Waals surface area contributed by atoms with Crippen LogP contribution < -0.4 is 10.2 Å². The lowest BCUT2D eigenvalue weighted by molar-refractivity contribution is -0.130. The maximum Gasteiger partial charge on any atom is 0.241 e. The number of ether oxygens (including phenoxy) is 1. The SMILES string of the molecule is CCN1CCc2ccc(NC(=O)C(C(C)C)N3CC(C)OC(C)C3)cc21. The van der Waals surface area contributed by atoms with Gasteiger partial charge in [0.05, 0.1) is 18.2 Å². The van der Waals surface area contributed by atoms with Crippen molar-refractivity contribution < 1.29 is 9.53 Å². The molecule has 3 unspecified atom stereocenters. The van der Waals surface area contributed by atoms with Crippen molar-refractivity contribution in [2.45, 2.75) is 59.3 Å². The number of amides is 1. The molecule has 0 aromatic heterocycles. The van der Waals surface area contributed by atoms with Gasteiger partial charge in [0.2, 0.25) is 5.91 Å². The maximum absolute atomic E-state index is 13.1. The van der Waals surface area contributed by atoms with Gasteiger partial charge in [-0.2, -0.15) is 0 Å². The molecule has 0 spiro atoms. The molecule has 144 valence electrons. The first kappa shape index (κ1) is 19.2. The molecule has 1 aromatic carbocycles. The van der Waals surface area contributed by atoms with Crippen LogP contribution in [0.25, 0.3) is 0 Å². The van der Waals surface area contributed by atoms with Crippen molar-refractivity contribution in [1.29, 1.82) is 0 Å². The number of rotatable bonds is 5. The van der Waals surface area contributed by atoms with Gasteiger partial charge in [-0.25, -0.2) is 0 Å². The molecule has 0 saturated carbocycles. The van der Waals surface area contributed by atoms with Crippen LogP contribution in [0.1, 0.15) is 40.2 Å². The predicted octanol–water partition coefficient (Wildman–Crippen LogP) is 3.14. The van der Waals surface area contributed by atoms with E-state index >= 15 is 0 Å². The van der Waals surface area contributed by atoms with E-state index in [1.165, 1.54) is 11.3 Å². The van der Waals surface area contributed by atoms with Crippen molar-refractivity contribution in [3.05, 3.63) is 23.8 Å². The third kappa shape index (κ3) is 4.04. The Morgan fingerprint density at radius 1 is 1.27 bits per heavy atom. The van der Waals surface area contributed by atoms with E-state index in [0.717, 1.165) is 38.3 Å². The van der Waals surface area contributed by atoms with Crippen LogP contribution in [0.4, 0.5) is 11.4 Å². The smallest absolute Gasteiger partial charge is 0.241 e. The number of fused-ring (bicyclic) bond motifs is 1. The number of carbonyl (C=O) groups is 1. The van der Waals surface area contributed by atoms with Crippen LogP contribution in [-0.4, -0.2) is 55.2 Å². The molecule has 2 aliphatic heterocycles. The van der Waals surface area contributed by atoms with Gasteiger partial charge in [0.15, 0.2) is 0 Å². The fourth-order valence-electron chi connectivity index (χ4n) is 4.40. The highest BCUT2D eigenvalue weighted by Gasteiger charge is 2.34. The quantitative estimate of drug-likeness (QED) is 0.877. The second-order valence-corrected chi connectivity index (χ2v) is 8.06. The topological polar surface area (TPSA) is 44.8 Å². The second kappa shape index (κ2) is 7.97. The first-order valence-electron chi connectivity index (χ1n) is 9.97. The Morgan fingerprint density at radius 3 is 2.58 bits per heavy atom. The molecule has 2 aliphatic rings. The van der Waals surface area contributed by atoms with Gasteiger partial charge in [-0.1, -0.05) is 19.9 Å². The van der Waals surface area contributed by atoms with Crippen LogP contribution >= 0.6 is 0 Å². The lowest BCUT2D eigenvalue weighted by Crippen LogP contribution is -2.55. The van der Waals surface area contributed by atoms with Gasteiger partial charge in [-0.05, 0) is 50.8 Å². The number of benzene rings is 1. The van der Waals surface area contributed by atoms with E-state index in [1.807, 2.05) is 6.07 Å². The van der Waals surface area contributed by atoms with E-state index in [4.69, 9.17) is 4.74 Å². The van der Waals surface area contributed by atoms with E-state index in [0.29, 0.717) is 0 Å². The van der Waals surface area contributed by atoms with Crippen molar-refractivity contribution in [3.8, 4) is 0 Å². The van der Waals surface area contributed by atoms with Crippen molar-refractivity contribution in [2.75, 3.05) is 36.4 Å². The summed E-state index contributed by atoms with van der Waals surface area (Å²) in [7, 11) is 0. The molecule has 1 amide bonds. The first-order chi connectivity index (χ1) is 12.4. The fraction of sp³-hybridized carbons (Fsp3) is 0.667. The molecule has 5 nitrogen and oxygen atoms in total. The minimum Gasteiger partial charge on any atom is -0.373 e. The van der Waals surface area contributed by atoms with Gasteiger partial charge >= 0.3 is 0 Å². The Morgan fingerprint density at radius 2 is 1.96 bits per heavy atom. The molecule has 0 bridgehead atoms. The Kier molecular flexibility index (Phi) is 5.88. The Hall–Kier alpha value is -1.59. The summed E-state index contributed by atoms with van der Waals surface area (Å²) >= 11 is 0. The normalized spacial score (nSPS) is 24.6. The zero-order chi connectivity index (χ0) is 18.8. The Labute approximate surface area is 157 Å². The molecule has 3 rings (SSSR count). The molecule has 5 heteroatoms. The minimum absolute atomic E-state index is 0.0855. The number of nitrogens with zero attached hydrogens (tertiary/aromatic N) is 2. The highest BCUT2D eigenvalue weighted by atomic mass is 16.5. The summed E-state index contributed by atoms with van der Waals surface area (Å²) in [5.41, 5.74) is 3.54. The Balaban J connectivity index is 1.75. The van der Waals surface area contributed by atoms with E-state index in [9.17, 15) is 4.79 Å². The molecule has 3 atom stereocenters. The number of carbonyl (C=O) groups excluding carboxylic acids is 1. The molecule has 26 heavy (non-hydrogen) atoms. The average molecular weight is 360 g/mol. The lowest BCUT2D eigenvalue weighted by Gasteiger charge is -2.41. The van der Waals surface area contributed by atoms with Crippen LogP contribution in [0.3, 0.4) is 0 Å². The van der Waals surface area contributed by atoms with Gasteiger partial charge in [0.25, 0.3) is 0 Å².